The van der Waals surface area contributed by atoms with E-state index in [2.05, 4.69) is 16.0 Å². The lowest BCUT2D eigenvalue weighted by atomic mass is 10.1. The molecular formula is C14H15N2O. The molecule has 0 aliphatic carbocycles. The third-order valence-electron chi connectivity index (χ3n) is 3.37. The lowest BCUT2D eigenvalue weighted by molar-refractivity contribution is 0.0947. The zero-order chi connectivity index (χ0) is 11.7. The molecule has 1 aromatic carbocycles. The fourth-order valence-electron chi connectivity index (χ4n) is 2.46. The molecule has 0 spiro atoms. The number of H-pyrrole nitrogens is 1. The number of carbonyl (C=O) groups excluding carboxylic acids is 1. The van der Waals surface area contributed by atoms with E-state index in [1.807, 2.05) is 18.2 Å². The Morgan fingerprint density at radius 3 is 3.06 bits per heavy atom. The molecule has 1 fully saturated rings. The number of likely N-dealkylation sites (tertiary alicyclic amines) is 1. The van der Waals surface area contributed by atoms with Crippen molar-refractivity contribution in [2.75, 3.05) is 19.6 Å². The predicted molar refractivity (Wildman–Crippen MR) is 67.1 cm³/mol. The minimum absolute atomic E-state index is 0.206. The van der Waals surface area contributed by atoms with Gasteiger partial charge in [0.15, 0.2) is 5.78 Å². The molecule has 0 saturated carbocycles. The van der Waals surface area contributed by atoms with E-state index in [1.165, 1.54) is 12.8 Å². The second kappa shape index (κ2) is 4.34. The van der Waals surface area contributed by atoms with Crippen molar-refractivity contribution < 1.29 is 4.79 Å². The van der Waals surface area contributed by atoms with Gasteiger partial charge in [-0.1, -0.05) is 18.2 Å². The minimum Gasteiger partial charge on any atom is -0.360 e. The highest BCUT2D eigenvalue weighted by atomic mass is 16.1. The van der Waals surface area contributed by atoms with Gasteiger partial charge in [-0.2, -0.15) is 0 Å². The summed E-state index contributed by atoms with van der Waals surface area (Å²) in [7, 11) is 0. The number of benzene rings is 1. The highest BCUT2D eigenvalue weighted by Gasteiger charge is 2.18. The Morgan fingerprint density at radius 1 is 1.41 bits per heavy atom. The van der Waals surface area contributed by atoms with E-state index in [-0.39, 0.29) is 5.78 Å². The summed E-state index contributed by atoms with van der Waals surface area (Å²) in [6, 6.07) is 8.84. The molecule has 3 heteroatoms. The van der Waals surface area contributed by atoms with Crippen LogP contribution >= 0.6 is 0 Å². The van der Waals surface area contributed by atoms with E-state index in [4.69, 9.17) is 0 Å². The molecule has 0 unspecified atom stereocenters. The van der Waals surface area contributed by atoms with Crippen molar-refractivity contribution in [1.82, 2.24) is 9.88 Å². The van der Waals surface area contributed by atoms with Crippen molar-refractivity contribution in [3.8, 4) is 0 Å². The van der Waals surface area contributed by atoms with Gasteiger partial charge in [0, 0.05) is 23.2 Å². The number of para-hydroxylation sites is 1. The molecule has 2 aromatic rings. The lowest BCUT2D eigenvalue weighted by Gasteiger charge is -2.12. The van der Waals surface area contributed by atoms with Crippen LogP contribution in [0.3, 0.4) is 0 Å². The topological polar surface area (TPSA) is 36.1 Å². The summed E-state index contributed by atoms with van der Waals surface area (Å²) in [5.74, 6) is 0.206. The first kappa shape index (κ1) is 10.5. The number of fused-ring (bicyclic) bond motifs is 1. The maximum Gasteiger partial charge on any atom is 0.178 e. The standard InChI is InChI=1S/C14H15N2O/c17-14(10-16-7-3-4-8-16)12-9-15-13-6-2-1-5-11(12)13/h1-2,5,9,15H,3-4,7-8,10H2. The second-order valence-electron chi connectivity index (χ2n) is 4.57. The summed E-state index contributed by atoms with van der Waals surface area (Å²) < 4.78 is 0. The van der Waals surface area contributed by atoms with Crippen molar-refractivity contribution >= 4 is 16.7 Å². The Hall–Kier alpha value is -1.61. The number of Topliss-reactive ketones (excluding diaryl/α,β-unsaturated/α-hetero) is 1. The number of aromatic nitrogens is 1. The molecular weight excluding hydrogens is 212 g/mol. The molecule has 2 heterocycles. The van der Waals surface area contributed by atoms with E-state index in [1.54, 1.807) is 6.20 Å². The normalized spacial score (nSPS) is 16.7. The van der Waals surface area contributed by atoms with Crippen molar-refractivity contribution in [2.24, 2.45) is 0 Å². The molecule has 1 aliphatic heterocycles. The molecule has 87 valence electrons. The fraction of sp³-hybridized carbons (Fsp3) is 0.357. The van der Waals surface area contributed by atoms with Gasteiger partial charge < -0.3 is 4.98 Å². The van der Waals surface area contributed by atoms with Crippen LogP contribution in [0.15, 0.2) is 24.4 Å². The molecule has 0 atom stereocenters. The monoisotopic (exact) mass is 227 g/mol. The summed E-state index contributed by atoms with van der Waals surface area (Å²) >= 11 is 0. The van der Waals surface area contributed by atoms with Gasteiger partial charge in [-0.05, 0) is 25.9 Å². The van der Waals surface area contributed by atoms with Gasteiger partial charge in [0.25, 0.3) is 0 Å². The third kappa shape index (κ3) is 1.98. The number of rotatable bonds is 3. The smallest absolute Gasteiger partial charge is 0.178 e. The van der Waals surface area contributed by atoms with Gasteiger partial charge in [-0.3, -0.25) is 9.69 Å². The van der Waals surface area contributed by atoms with Gasteiger partial charge in [-0.15, -0.1) is 0 Å². The summed E-state index contributed by atoms with van der Waals surface area (Å²) in [4.78, 5) is 17.5. The zero-order valence-corrected chi connectivity index (χ0v) is 9.70. The van der Waals surface area contributed by atoms with Crippen molar-refractivity contribution in [3.05, 3.63) is 36.0 Å². The van der Waals surface area contributed by atoms with Crippen molar-refractivity contribution in [3.63, 3.8) is 0 Å². The van der Waals surface area contributed by atoms with Crippen LogP contribution in [0.2, 0.25) is 0 Å². The first-order chi connectivity index (χ1) is 8.34. The quantitative estimate of drug-likeness (QED) is 0.816. The number of ketones is 1. The Kier molecular flexibility index (Phi) is 2.69. The molecule has 0 amide bonds. The number of aromatic amines is 1. The molecule has 1 aliphatic rings. The molecule has 1 N–H and O–H groups in total. The molecule has 1 saturated heterocycles. The molecule has 17 heavy (non-hydrogen) atoms. The molecule has 1 radical (unpaired) electrons. The number of nitrogens with zero attached hydrogens (tertiary/aromatic N) is 1. The van der Waals surface area contributed by atoms with Gasteiger partial charge in [0.2, 0.25) is 0 Å². The van der Waals surface area contributed by atoms with Crippen LogP contribution in [0.5, 0.6) is 0 Å². The van der Waals surface area contributed by atoms with Gasteiger partial charge in [0.1, 0.15) is 0 Å². The Bertz CT molecular complexity index is 538. The van der Waals surface area contributed by atoms with Crippen LogP contribution in [-0.2, 0) is 0 Å². The molecule has 1 aromatic heterocycles. The highest BCUT2D eigenvalue weighted by molar-refractivity contribution is 6.08. The van der Waals surface area contributed by atoms with Crippen molar-refractivity contribution in [1.29, 1.82) is 0 Å². The maximum absolute atomic E-state index is 12.2. The average Bonchev–Trinajstić information content (AvgIpc) is 2.96. The van der Waals surface area contributed by atoms with Gasteiger partial charge in [0.05, 0.1) is 12.1 Å². The van der Waals surface area contributed by atoms with Crippen LogP contribution < -0.4 is 0 Å². The fourth-order valence-corrected chi connectivity index (χ4v) is 2.46. The summed E-state index contributed by atoms with van der Waals surface area (Å²) in [5.41, 5.74) is 1.71. The van der Waals surface area contributed by atoms with E-state index < -0.39 is 0 Å². The Labute approximate surface area is 100 Å². The number of carbonyl (C=O) groups is 1. The zero-order valence-electron chi connectivity index (χ0n) is 9.70. The molecule has 0 bridgehead atoms. The van der Waals surface area contributed by atoms with Crippen molar-refractivity contribution in [2.45, 2.75) is 12.8 Å². The van der Waals surface area contributed by atoms with Crippen LogP contribution in [-0.4, -0.2) is 35.3 Å². The summed E-state index contributed by atoms with van der Waals surface area (Å²) in [6.45, 7) is 2.66. The Morgan fingerprint density at radius 2 is 2.24 bits per heavy atom. The number of hydrogen-bond donors (Lipinski definition) is 1. The van der Waals surface area contributed by atoms with E-state index in [0.29, 0.717) is 6.54 Å². The molecule has 3 rings (SSSR count). The largest absolute Gasteiger partial charge is 0.360 e. The van der Waals surface area contributed by atoms with E-state index in [9.17, 15) is 4.79 Å². The van der Waals surface area contributed by atoms with Crippen LogP contribution in [0, 0.1) is 6.07 Å². The van der Waals surface area contributed by atoms with Crippen LogP contribution in [0.4, 0.5) is 0 Å². The first-order valence-electron chi connectivity index (χ1n) is 6.08. The lowest BCUT2D eigenvalue weighted by Crippen LogP contribution is -2.26. The third-order valence-corrected chi connectivity index (χ3v) is 3.37. The molecule has 3 nitrogen and oxygen atoms in total. The summed E-state index contributed by atoms with van der Waals surface area (Å²) in [5, 5.41) is 0.983. The number of nitrogens with one attached hydrogen (secondary N) is 1. The first-order valence-corrected chi connectivity index (χ1v) is 6.08. The van der Waals surface area contributed by atoms with E-state index >= 15 is 0 Å². The van der Waals surface area contributed by atoms with Gasteiger partial charge >= 0.3 is 0 Å². The number of hydrogen-bond acceptors (Lipinski definition) is 2. The SMILES string of the molecule is O=C(CN1CCCC1)c1c[nH]c2[c]cccc12. The Balaban J connectivity index is 1.85. The van der Waals surface area contributed by atoms with E-state index in [0.717, 1.165) is 29.6 Å². The summed E-state index contributed by atoms with van der Waals surface area (Å²) in [6.07, 6.45) is 4.24. The second-order valence-corrected chi connectivity index (χ2v) is 4.57. The van der Waals surface area contributed by atoms with Gasteiger partial charge in [-0.25, -0.2) is 0 Å². The maximum atomic E-state index is 12.2. The minimum atomic E-state index is 0.206. The average molecular weight is 227 g/mol. The highest BCUT2D eigenvalue weighted by Crippen LogP contribution is 2.18. The predicted octanol–water partition coefficient (Wildman–Crippen LogP) is 2.25. The van der Waals surface area contributed by atoms with Crippen LogP contribution in [0.25, 0.3) is 10.9 Å². The van der Waals surface area contributed by atoms with Crippen LogP contribution in [0.1, 0.15) is 23.2 Å².